The monoisotopic (exact) mass is 328 g/mol. The molecule has 1 aromatic rings. The van der Waals surface area contributed by atoms with Crippen LogP contribution in [0.25, 0.3) is 0 Å². The third-order valence-electron chi connectivity index (χ3n) is 3.11. The summed E-state index contributed by atoms with van der Waals surface area (Å²) in [6, 6.07) is 4.97. The highest BCUT2D eigenvalue weighted by atomic mass is 32.2. The van der Waals surface area contributed by atoms with E-state index in [9.17, 15) is 18.0 Å². The minimum atomic E-state index is -3.81. The predicted octanol–water partition coefficient (Wildman–Crippen LogP) is -0.650. The van der Waals surface area contributed by atoms with E-state index in [0.717, 1.165) is 0 Å². The van der Waals surface area contributed by atoms with Crippen molar-refractivity contribution < 1.29 is 27.5 Å². The lowest BCUT2D eigenvalue weighted by molar-refractivity contribution is -0.138. The second-order valence-corrected chi connectivity index (χ2v) is 6.20. The van der Waals surface area contributed by atoms with Gasteiger partial charge in [0.05, 0.1) is 23.7 Å². The Labute approximate surface area is 127 Å². The molecule has 0 aromatic heterocycles. The molecular formula is C13H16N2O6S. The maximum atomic E-state index is 11.8. The molecule has 1 aliphatic rings. The van der Waals surface area contributed by atoms with E-state index in [2.05, 4.69) is 0 Å². The van der Waals surface area contributed by atoms with E-state index in [-0.39, 0.29) is 23.0 Å². The first-order chi connectivity index (χ1) is 10.4. The first-order valence-electron chi connectivity index (χ1n) is 6.53. The normalized spacial score (nSPS) is 15.4. The van der Waals surface area contributed by atoms with E-state index in [4.69, 9.17) is 14.6 Å². The molecule has 0 unspecified atom stereocenters. The van der Waals surface area contributed by atoms with Crippen molar-refractivity contribution >= 4 is 21.9 Å². The summed E-state index contributed by atoms with van der Waals surface area (Å²) in [6.45, 7) is 1.51. The highest BCUT2D eigenvalue weighted by Gasteiger charge is 2.19. The molecule has 2 rings (SSSR count). The number of nitrogens with zero attached hydrogens (tertiary/aromatic N) is 1. The number of ether oxygens (including phenoxy) is 2. The molecule has 120 valence electrons. The van der Waals surface area contributed by atoms with Crippen molar-refractivity contribution in [1.29, 1.82) is 0 Å². The molecule has 22 heavy (non-hydrogen) atoms. The van der Waals surface area contributed by atoms with Crippen LogP contribution in [0.2, 0.25) is 0 Å². The molecule has 9 heteroatoms. The SMILES string of the molecule is NS(=O)(=O)c1ccc(C(=O)OCC(=O)N2CCOCC2)cc1. The van der Waals surface area contributed by atoms with Gasteiger partial charge in [0, 0.05) is 13.1 Å². The molecule has 8 nitrogen and oxygen atoms in total. The van der Waals surface area contributed by atoms with Gasteiger partial charge < -0.3 is 14.4 Å². The molecule has 1 aliphatic heterocycles. The molecule has 0 radical (unpaired) electrons. The van der Waals surface area contributed by atoms with Crippen molar-refractivity contribution in [3.8, 4) is 0 Å². The van der Waals surface area contributed by atoms with Crippen LogP contribution in [0, 0.1) is 0 Å². The Kier molecular flexibility index (Phi) is 5.11. The Morgan fingerprint density at radius 2 is 1.77 bits per heavy atom. The van der Waals surface area contributed by atoms with E-state index in [0.29, 0.717) is 26.3 Å². The molecule has 1 saturated heterocycles. The van der Waals surface area contributed by atoms with Crippen LogP contribution in [0.1, 0.15) is 10.4 Å². The van der Waals surface area contributed by atoms with Crippen LogP contribution in [0.5, 0.6) is 0 Å². The predicted molar refractivity (Wildman–Crippen MR) is 75.5 cm³/mol. The van der Waals surface area contributed by atoms with Crippen LogP contribution in [0.4, 0.5) is 0 Å². The van der Waals surface area contributed by atoms with Crippen molar-refractivity contribution in [3.05, 3.63) is 29.8 Å². The summed E-state index contributed by atoms with van der Waals surface area (Å²) in [4.78, 5) is 25.1. The number of benzene rings is 1. The molecular weight excluding hydrogens is 312 g/mol. The molecule has 2 N–H and O–H groups in total. The zero-order valence-electron chi connectivity index (χ0n) is 11.7. The van der Waals surface area contributed by atoms with Gasteiger partial charge in [-0.1, -0.05) is 0 Å². The highest BCUT2D eigenvalue weighted by Crippen LogP contribution is 2.10. The first-order valence-corrected chi connectivity index (χ1v) is 8.08. The highest BCUT2D eigenvalue weighted by molar-refractivity contribution is 7.89. The Bertz CT molecular complexity index is 650. The largest absolute Gasteiger partial charge is 0.452 e. The molecule has 0 saturated carbocycles. The van der Waals surface area contributed by atoms with Crippen molar-refractivity contribution in [1.82, 2.24) is 4.90 Å². The quantitative estimate of drug-likeness (QED) is 0.734. The summed E-state index contributed by atoms with van der Waals surface area (Å²) in [7, 11) is -3.81. The third-order valence-corrected chi connectivity index (χ3v) is 4.04. The molecule has 0 aliphatic carbocycles. The van der Waals surface area contributed by atoms with Gasteiger partial charge >= 0.3 is 5.97 Å². The van der Waals surface area contributed by atoms with Crippen LogP contribution < -0.4 is 5.14 Å². The molecule has 1 fully saturated rings. The van der Waals surface area contributed by atoms with Crippen LogP contribution in [0.15, 0.2) is 29.2 Å². The standard InChI is InChI=1S/C13H16N2O6S/c14-22(18,19)11-3-1-10(2-4-11)13(17)21-9-12(16)15-5-7-20-8-6-15/h1-4H,5-9H2,(H2,14,18,19). The second kappa shape index (κ2) is 6.86. The van der Waals surface area contributed by atoms with Gasteiger partial charge in [-0.15, -0.1) is 0 Å². The molecule has 1 amide bonds. The number of sulfonamides is 1. The van der Waals surface area contributed by atoms with Crippen molar-refractivity contribution in [2.24, 2.45) is 5.14 Å². The van der Waals surface area contributed by atoms with E-state index in [1.54, 1.807) is 4.90 Å². The fourth-order valence-electron chi connectivity index (χ4n) is 1.90. The molecule has 1 heterocycles. The lowest BCUT2D eigenvalue weighted by Crippen LogP contribution is -2.42. The van der Waals surface area contributed by atoms with Gasteiger partial charge in [-0.25, -0.2) is 18.4 Å². The Balaban J connectivity index is 1.90. The number of amides is 1. The number of esters is 1. The number of carbonyl (C=O) groups excluding carboxylic acids is 2. The van der Waals surface area contributed by atoms with Crippen molar-refractivity contribution in [2.75, 3.05) is 32.9 Å². The summed E-state index contributed by atoms with van der Waals surface area (Å²) in [6.07, 6.45) is 0. The maximum absolute atomic E-state index is 11.8. The number of rotatable bonds is 4. The van der Waals surface area contributed by atoms with Crippen LogP contribution in [-0.2, 0) is 24.3 Å². The minimum Gasteiger partial charge on any atom is -0.452 e. The van der Waals surface area contributed by atoms with Gasteiger partial charge in [-0.2, -0.15) is 0 Å². The second-order valence-electron chi connectivity index (χ2n) is 4.64. The van der Waals surface area contributed by atoms with E-state index in [1.165, 1.54) is 24.3 Å². The summed E-state index contributed by atoms with van der Waals surface area (Å²) in [5.41, 5.74) is 0.141. The summed E-state index contributed by atoms with van der Waals surface area (Å²) in [5.74, 6) is -1.000. The van der Waals surface area contributed by atoms with Gasteiger partial charge in [-0.05, 0) is 24.3 Å². The van der Waals surface area contributed by atoms with E-state index >= 15 is 0 Å². The average molecular weight is 328 g/mol. The third kappa shape index (κ3) is 4.26. The summed E-state index contributed by atoms with van der Waals surface area (Å²) in [5, 5.41) is 4.96. The van der Waals surface area contributed by atoms with E-state index < -0.39 is 16.0 Å². The smallest absolute Gasteiger partial charge is 0.338 e. The fourth-order valence-corrected chi connectivity index (χ4v) is 2.41. The zero-order valence-corrected chi connectivity index (χ0v) is 12.5. The lowest BCUT2D eigenvalue weighted by atomic mass is 10.2. The summed E-state index contributed by atoms with van der Waals surface area (Å²) >= 11 is 0. The Morgan fingerprint density at radius 1 is 1.18 bits per heavy atom. The van der Waals surface area contributed by atoms with Gasteiger partial charge in [0.1, 0.15) is 0 Å². The topological polar surface area (TPSA) is 116 Å². The Hall–Kier alpha value is -1.97. The van der Waals surface area contributed by atoms with Gasteiger partial charge in [-0.3, -0.25) is 4.79 Å². The molecule has 0 spiro atoms. The van der Waals surface area contributed by atoms with Crippen LogP contribution in [-0.4, -0.2) is 58.1 Å². The van der Waals surface area contributed by atoms with Gasteiger partial charge in [0.2, 0.25) is 10.0 Å². The molecule has 0 atom stereocenters. The lowest BCUT2D eigenvalue weighted by Gasteiger charge is -2.26. The first kappa shape index (κ1) is 16.4. The van der Waals surface area contributed by atoms with E-state index in [1.807, 2.05) is 0 Å². The average Bonchev–Trinajstić information content (AvgIpc) is 2.52. The molecule has 0 bridgehead atoms. The maximum Gasteiger partial charge on any atom is 0.338 e. The number of nitrogens with two attached hydrogens (primary N) is 1. The molecule has 1 aromatic carbocycles. The number of morpholine rings is 1. The van der Waals surface area contributed by atoms with Crippen molar-refractivity contribution in [3.63, 3.8) is 0 Å². The summed E-state index contributed by atoms with van der Waals surface area (Å²) < 4.78 is 32.3. The van der Waals surface area contributed by atoms with Crippen LogP contribution >= 0.6 is 0 Å². The van der Waals surface area contributed by atoms with Gasteiger partial charge in [0.25, 0.3) is 5.91 Å². The number of carbonyl (C=O) groups is 2. The Morgan fingerprint density at radius 3 is 2.32 bits per heavy atom. The number of hydrogen-bond donors (Lipinski definition) is 1. The van der Waals surface area contributed by atoms with Crippen molar-refractivity contribution in [2.45, 2.75) is 4.90 Å². The number of primary sulfonamides is 1. The number of hydrogen-bond acceptors (Lipinski definition) is 6. The fraction of sp³-hybridized carbons (Fsp3) is 0.385. The van der Waals surface area contributed by atoms with Gasteiger partial charge in [0.15, 0.2) is 6.61 Å². The van der Waals surface area contributed by atoms with Crippen LogP contribution in [0.3, 0.4) is 0 Å². The minimum absolute atomic E-state index is 0.103. The zero-order chi connectivity index (χ0) is 16.2.